The fraction of sp³-hybridized carbons (Fsp3) is 0. The Bertz CT molecular complexity index is 702. The number of benzene rings is 1. The van der Waals surface area contributed by atoms with Crippen molar-refractivity contribution in [2.45, 2.75) is 0 Å². The van der Waals surface area contributed by atoms with Gasteiger partial charge in [0.25, 0.3) is 0 Å². The van der Waals surface area contributed by atoms with Gasteiger partial charge in [-0.05, 0) is 23.6 Å². The average molecular weight is 270 g/mol. The summed E-state index contributed by atoms with van der Waals surface area (Å²) in [6.07, 6.45) is 1.55. The summed E-state index contributed by atoms with van der Waals surface area (Å²) >= 11 is 1.48. The van der Waals surface area contributed by atoms with Gasteiger partial charge in [0.1, 0.15) is 11.3 Å². The van der Waals surface area contributed by atoms with E-state index in [-0.39, 0.29) is 5.56 Å². The van der Waals surface area contributed by atoms with Crippen molar-refractivity contribution in [2.75, 3.05) is 0 Å². The molecule has 3 aromatic rings. The first-order valence-corrected chi connectivity index (χ1v) is 6.56. The lowest BCUT2D eigenvalue weighted by Crippen LogP contribution is -1.95. The molecule has 0 spiro atoms. The SMILES string of the molecule is O=C(O)c1cn(-c2ccccc2)nc1-c1cccs1. The highest BCUT2D eigenvalue weighted by Crippen LogP contribution is 2.27. The number of aromatic carboxylic acids is 1. The molecule has 4 nitrogen and oxygen atoms in total. The molecule has 1 N–H and O–H groups in total. The highest BCUT2D eigenvalue weighted by molar-refractivity contribution is 7.13. The van der Waals surface area contributed by atoms with Gasteiger partial charge in [-0.2, -0.15) is 5.10 Å². The zero-order chi connectivity index (χ0) is 13.2. The summed E-state index contributed by atoms with van der Waals surface area (Å²) in [4.78, 5) is 12.2. The van der Waals surface area contributed by atoms with Crippen LogP contribution in [-0.2, 0) is 0 Å². The Morgan fingerprint density at radius 1 is 1.16 bits per heavy atom. The van der Waals surface area contributed by atoms with Crippen molar-refractivity contribution in [1.82, 2.24) is 9.78 Å². The molecule has 5 heteroatoms. The number of thiophene rings is 1. The second-order valence-corrected chi connectivity index (χ2v) is 4.90. The second kappa shape index (κ2) is 4.70. The highest BCUT2D eigenvalue weighted by Gasteiger charge is 2.18. The van der Waals surface area contributed by atoms with Crippen LogP contribution in [0.1, 0.15) is 10.4 Å². The maximum absolute atomic E-state index is 11.3. The highest BCUT2D eigenvalue weighted by atomic mass is 32.1. The lowest BCUT2D eigenvalue weighted by atomic mass is 10.2. The van der Waals surface area contributed by atoms with Gasteiger partial charge in [0.2, 0.25) is 0 Å². The van der Waals surface area contributed by atoms with Crippen LogP contribution < -0.4 is 0 Å². The minimum atomic E-state index is -0.967. The molecule has 0 fully saturated rings. The van der Waals surface area contributed by atoms with E-state index in [2.05, 4.69) is 5.10 Å². The molecule has 0 bridgehead atoms. The molecule has 0 aliphatic rings. The van der Waals surface area contributed by atoms with E-state index in [0.717, 1.165) is 10.6 Å². The van der Waals surface area contributed by atoms with Crippen molar-refractivity contribution in [2.24, 2.45) is 0 Å². The van der Waals surface area contributed by atoms with Crippen molar-refractivity contribution in [3.63, 3.8) is 0 Å². The molecule has 0 aliphatic carbocycles. The van der Waals surface area contributed by atoms with Gasteiger partial charge in [0.15, 0.2) is 0 Å². The third-order valence-corrected chi connectivity index (χ3v) is 3.60. The molecule has 0 saturated heterocycles. The second-order valence-electron chi connectivity index (χ2n) is 3.95. The molecule has 2 aromatic heterocycles. The topological polar surface area (TPSA) is 55.1 Å². The van der Waals surface area contributed by atoms with Crippen molar-refractivity contribution in [3.05, 3.63) is 59.6 Å². The van der Waals surface area contributed by atoms with E-state index in [0.29, 0.717) is 5.69 Å². The molecule has 0 unspecified atom stereocenters. The Morgan fingerprint density at radius 2 is 1.95 bits per heavy atom. The normalized spacial score (nSPS) is 10.5. The molecule has 3 rings (SSSR count). The Kier molecular flexibility index (Phi) is 2.89. The maximum Gasteiger partial charge on any atom is 0.339 e. The molecule has 0 atom stereocenters. The van der Waals surface area contributed by atoms with Crippen molar-refractivity contribution in [3.8, 4) is 16.3 Å². The number of aromatic nitrogens is 2. The van der Waals surface area contributed by atoms with Crippen molar-refractivity contribution >= 4 is 17.3 Å². The molecular weight excluding hydrogens is 260 g/mol. The number of rotatable bonds is 3. The zero-order valence-corrected chi connectivity index (χ0v) is 10.7. The van der Waals surface area contributed by atoms with E-state index in [9.17, 15) is 9.90 Å². The van der Waals surface area contributed by atoms with Gasteiger partial charge in [-0.1, -0.05) is 24.3 Å². The van der Waals surface area contributed by atoms with Gasteiger partial charge in [0.05, 0.1) is 10.6 Å². The summed E-state index contributed by atoms with van der Waals surface area (Å²) in [6, 6.07) is 13.2. The maximum atomic E-state index is 11.3. The number of nitrogens with zero attached hydrogens (tertiary/aromatic N) is 2. The van der Waals surface area contributed by atoms with Gasteiger partial charge in [-0.15, -0.1) is 11.3 Å². The third kappa shape index (κ3) is 2.15. The lowest BCUT2D eigenvalue weighted by molar-refractivity contribution is 0.0697. The first kappa shape index (κ1) is 11.7. The van der Waals surface area contributed by atoms with E-state index in [1.165, 1.54) is 11.3 Å². The van der Waals surface area contributed by atoms with E-state index in [1.807, 2.05) is 47.8 Å². The fourth-order valence-electron chi connectivity index (χ4n) is 1.84. The molecule has 1 aromatic carbocycles. The molecule has 94 valence electrons. The Hall–Kier alpha value is -2.40. The van der Waals surface area contributed by atoms with Crippen LogP contribution in [0.25, 0.3) is 16.3 Å². The summed E-state index contributed by atoms with van der Waals surface area (Å²) in [6.45, 7) is 0. The minimum absolute atomic E-state index is 0.214. The molecule has 19 heavy (non-hydrogen) atoms. The van der Waals surface area contributed by atoms with Crippen LogP contribution >= 0.6 is 11.3 Å². The molecule has 0 amide bonds. The van der Waals surface area contributed by atoms with E-state index < -0.39 is 5.97 Å². The number of hydrogen-bond acceptors (Lipinski definition) is 3. The van der Waals surface area contributed by atoms with Crippen molar-refractivity contribution < 1.29 is 9.90 Å². The standard InChI is InChI=1S/C14H10N2O2S/c17-14(18)11-9-16(10-5-2-1-3-6-10)15-13(11)12-7-4-8-19-12/h1-9H,(H,17,18). The summed E-state index contributed by atoms with van der Waals surface area (Å²) < 4.78 is 1.60. The first-order valence-electron chi connectivity index (χ1n) is 5.68. The summed E-state index contributed by atoms with van der Waals surface area (Å²) in [5.41, 5.74) is 1.56. The fourth-order valence-corrected chi connectivity index (χ4v) is 2.56. The van der Waals surface area contributed by atoms with E-state index >= 15 is 0 Å². The third-order valence-electron chi connectivity index (χ3n) is 2.72. The summed E-state index contributed by atoms with van der Waals surface area (Å²) in [7, 11) is 0. The van der Waals surface area contributed by atoms with Gasteiger partial charge in [-0.3, -0.25) is 0 Å². The van der Waals surface area contributed by atoms with Gasteiger partial charge in [0, 0.05) is 6.20 Å². The Morgan fingerprint density at radius 3 is 2.58 bits per heavy atom. The number of carboxylic acid groups (broad SMARTS) is 1. The Balaban J connectivity index is 2.15. The van der Waals surface area contributed by atoms with E-state index in [1.54, 1.807) is 10.9 Å². The van der Waals surface area contributed by atoms with E-state index in [4.69, 9.17) is 0 Å². The number of para-hydroxylation sites is 1. The predicted octanol–water partition coefficient (Wildman–Crippen LogP) is 3.30. The molecule has 0 saturated carbocycles. The largest absolute Gasteiger partial charge is 0.478 e. The van der Waals surface area contributed by atoms with Crippen molar-refractivity contribution in [1.29, 1.82) is 0 Å². The average Bonchev–Trinajstić information content (AvgIpc) is 3.08. The lowest BCUT2D eigenvalue weighted by Gasteiger charge is -1.98. The van der Waals surface area contributed by atoms with Crippen LogP contribution in [0, 0.1) is 0 Å². The summed E-state index contributed by atoms with van der Waals surface area (Å²) in [5.74, 6) is -0.967. The Labute approximate surface area is 113 Å². The quantitative estimate of drug-likeness (QED) is 0.794. The van der Waals surface area contributed by atoms with Crippen LogP contribution in [0.3, 0.4) is 0 Å². The smallest absolute Gasteiger partial charge is 0.339 e. The summed E-state index contributed by atoms with van der Waals surface area (Å²) in [5, 5.41) is 15.6. The van der Waals surface area contributed by atoms with Gasteiger partial charge in [-0.25, -0.2) is 9.48 Å². The van der Waals surface area contributed by atoms with Gasteiger partial charge >= 0.3 is 5.97 Å². The molecule has 0 aliphatic heterocycles. The number of carboxylic acids is 1. The van der Waals surface area contributed by atoms with Crippen LogP contribution in [0.15, 0.2) is 54.0 Å². The number of carbonyl (C=O) groups is 1. The van der Waals surface area contributed by atoms with Crippen LogP contribution in [-0.4, -0.2) is 20.9 Å². The monoisotopic (exact) mass is 270 g/mol. The minimum Gasteiger partial charge on any atom is -0.478 e. The molecule has 0 radical (unpaired) electrons. The first-order chi connectivity index (χ1) is 9.25. The zero-order valence-electron chi connectivity index (χ0n) is 9.85. The van der Waals surface area contributed by atoms with Gasteiger partial charge < -0.3 is 5.11 Å². The number of hydrogen-bond donors (Lipinski definition) is 1. The predicted molar refractivity (Wildman–Crippen MR) is 73.8 cm³/mol. The molecule has 2 heterocycles. The molecular formula is C14H10N2O2S. The van der Waals surface area contributed by atoms with Crippen LogP contribution in [0.2, 0.25) is 0 Å². The van der Waals surface area contributed by atoms with Crippen LogP contribution in [0.4, 0.5) is 0 Å². The van der Waals surface area contributed by atoms with Crippen LogP contribution in [0.5, 0.6) is 0 Å².